The first kappa shape index (κ1) is 15.5. The first-order chi connectivity index (χ1) is 9.84. The van der Waals surface area contributed by atoms with E-state index in [2.05, 4.69) is 11.9 Å². The van der Waals surface area contributed by atoms with Crippen molar-refractivity contribution in [1.82, 2.24) is 10.2 Å². The zero-order valence-corrected chi connectivity index (χ0v) is 11.0. The highest BCUT2D eigenvalue weighted by atomic mass is 19.1. The molecule has 0 unspecified atom stereocenters. The zero-order valence-electron chi connectivity index (χ0n) is 11.0. The van der Waals surface area contributed by atoms with E-state index in [9.17, 15) is 24.5 Å². The third-order valence-corrected chi connectivity index (χ3v) is 3.58. The molecule has 0 aromatic rings. The molecule has 4 atom stereocenters. The van der Waals surface area contributed by atoms with Gasteiger partial charge in [-0.05, 0) is 0 Å². The highest BCUT2D eigenvalue weighted by Gasteiger charge is 2.64. The van der Waals surface area contributed by atoms with Gasteiger partial charge in [-0.25, -0.2) is 4.39 Å². The number of nitrogens with zero attached hydrogens (tertiary/aromatic N) is 1. The van der Waals surface area contributed by atoms with Gasteiger partial charge in [-0.1, -0.05) is 12.5 Å². The van der Waals surface area contributed by atoms with Crippen LogP contribution in [0.3, 0.4) is 0 Å². The Kier molecular flexibility index (Phi) is 3.78. The first-order valence-corrected chi connectivity index (χ1v) is 6.04. The van der Waals surface area contributed by atoms with Crippen molar-refractivity contribution in [2.45, 2.75) is 23.5 Å². The van der Waals surface area contributed by atoms with Crippen LogP contribution in [0.4, 0.5) is 4.39 Å². The maximum absolute atomic E-state index is 13.2. The smallest absolute Gasteiger partial charge is 0.250 e. The van der Waals surface area contributed by atoms with Gasteiger partial charge in [0.1, 0.15) is 18.6 Å². The minimum atomic E-state index is -2.30. The number of carbonyl (C=O) groups is 1. The minimum absolute atomic E-state index is 0.0287. The van der Waals surface area contributed by atoms with Gasteiger partial charge in [0.15, 0.2) is 17.4 Å². The summed E-state index contributed by atoms with van der Waals surface area (Å²) in [6, 6.07) is 0. The summed E-state index contributed by atoms with van der Waals surface area (Å²) in [4.78, 5) is 12.3. The van der Waals surface area contributed by atoms with Crippen molar-refractivity contribution in [3.8, 4) is 12.3 Å². The van der Waals surface area contributed by atoms with E-state index in [4.69, 9.17) is 11.2 Å². The van der Waals surface area contributed by atoms with E-state index in [0.717, 1.165) is 11.0 Å². The lowest BCUT2D eigenvalue weighted by Gasteiger charge is -2.36. The summed E-state index contributed by atoms with van der Waals surface area (Å²) >= 11 is 0. The van der Waals surface area contributed by atoms with Crippen LogP contribution in [0.15, 0.2) is 24.7 Å². The van der Waals surface area contributed by atoms with Crippen LogP contribution < -0.4 is 5.32 Å². The van der Waals surface area contributed by atoms with E-state index in [0.29, 0.717) is 0 Å². The highest BCUT2D eigenvalue weighted by Crippen LogP contribution is 2.41. The number of alkyl halides is 1. The Hall–Kier alpha value is -1.92. The molecule has 1 fully saturated rings. The summed E-state index contributed by atoms with van der Waals surface area (Å²) in [6.45, 7) is 1.41. The van der Waals surface area contributed by atoms with Gasteiger partial charge in [0.05, 0.1) is 6.61 Å². The number of aliphatic hydroxyl groups excluding tert-OH is 2. The third-order valence-electron chi connectivity index (χ3n) is 3.58. The van der Waals surface area contributed by atoms with Crippen LogP contribution in [0.2, 0.25) is 0 Å². The van der Waals surface area contributed by atoms with Crippen LogP contribution in [0.1, 0.15) is 0 Å². The van der Waals surface area contributed by atoms with Crippen molar-refractivity contribution in [3.05, 3.63) is 24.7 Å². The number of hydrogen-bond donors (Lipinski definition) is 4. The summed E-state index contributed by atoms with van der Waals surface area (Å²) in [6.07, 6.45) is 4.30. The number of halogens is 1. The fraction of sp³-hybridized carbons (Fsp3) is 0.462. The molecule has 4 N–H and O–H groups in total. The molecule has 7 nitrogen and oxygen atoms in total. The average molecular weight is 298 g/mol. The predicted octanol–water partition coefficient (Wildman–Crippen LogP) is -1.81. The quantitative estimate of drug-likeness (QED) is 0.458. The van der Waals surface area contributed by atoms with E-state index in [-0.39, 0.29) is 5.82 Å². The predicted molar refractivity (Wildman–Crippen MR) is 68.7 cm³/mol. The van der Waals surface area contributed by atoms with Gasteiger partial charge in [-0.15, -0.1) is 6.42 Å². The third kappa shape index (κ3) is 2.11. The molecule has 114 valence electrons. The van der Waals surface area contributed by atoms with Gasteiger partial charge in [-0.3, -0.25) is 4.79 Å². The minimum Gasteiger partial charge on any atom is -0.393 e. The van der Waals surface area contributed by atoms with Gasteiger partial charge in [0.25, 0.3) is 5.91 Å². The molecule has 0 saturated carbocycles. The lowest BCUT2D eigenvalue weighted by Crippen LogP contribution is -2.56. The number of carbonyl (C=O) groups excluding carboxylic acids is 1. The molecule has 21 heavy (non-hydrogen) atoms. The maximum atomic E-state index is 13.2. The lowest BCUT2D eigenvalue weighted by atomic mass is 9.87. The van der Waals surface area contributed by atoms with Crippen LogP contribution in [-0.4, -0.2) is 62.9 Å². The molecule has 0 bridgehead atoms. The van der Waals surface area contributed by atoms with Gasteiger partial charge in [0.2, 0.25) is 0 Å². The van der Waals surface area contributed by atoms with E-state index in [1.54, 1.807) is 0 Å². The Bertz CT molecular complexity index is 539. The second-order valence-electron chi connectivity index (χ2n) is 4.86. The van der Waals surface area contributed by atoms with Crippen LogP contribution in [-0.2, 0) is 9.53 Å². The second-order valence-corrected chi connectivity index (χ2v) is 4.86. The molecule has 2 aliphatic rings. The van der Waals surface area contributed by atoms with Crippen molar-refractivity contribution in [2.24, 2.45) is 0 Å². The molecule has 2 aliphatic heterocycles. The second kappa shape index (κ2) is 5.13. The maximum Gasteiger partial charge on any atom is 0.250 e. The molecule has 2 heterocycles. The van der Waals surface area contributed by atoms with Gasteiger partial charge < -0.3 is 30.3 Å². The molecule has 8 heteroatoms. The number of nitrogens with one attached hydrogen (secondary N) is 1. The van der Waals surface area contributed by atoms with Crippen molar-refractivity contribution in [1.29, 1.82) is 0 Å². The number of ether oxygens (including phenoxy) is 1. The van der Waals surface area contributed by atoms with Gasteiger partial charge in [-0.2, -0.15) is 0 Å². The van der Waals surface area contributed by atoms with E-state index in [1.165, 1.54) is 6.20 Å². The summed E-state index contributed by atoms with van der Waals surface area (Å²) < 4.78 is 18.5. The number of terminal acetylenes is 1. The number of rotatable bonds is 3. The molecule has 1 amide bonds. The molecular formula is C13H15FN2O5. The van der Waals surface area contributed by atoms with Crippen LogP contribution in [0, 0.1) is 12.3 Å². The molecule has 0 aromatic carbocycles. The fourth-order valence-corrected chi connectivity index (χ4v) is 2.31. The molecule has 0 aliphatic carbocycles. The number of aliphatic hydroxyl groups is 3. The average Bonchev–Trinajstić information content (AvgIpc) is 2.70. The van der Waals surface area contributed by atoms with Gasteiger partial charge in [0, 0.05) is 12.3 Å². The first-order valence-electron chi connectivity index (χ1n) is 6.04. The lowest BCUT2D eigenvalue weighted by molar-refractivity contribution is -0.146. The zero-order chi connectivity index (χ0) is 15.8. The van der Waals surface area contributed by atoms with Gasteiger partial charge >= 0.3 is 0 Å². The summed E-state index contributed by atoms with van der Waals surface area (Å²) in [5.41, 5.74) is -4.36. The van der Waals surface area contributed by atoms with Crippen molar-refractivity contribution in [3.63, 3.8) is 0 Å². The van der Waals surface area contributed by atoms with E-state index < -0.39 is 42.7 Å². The Morgan fingerprint density at radius 3 is 2.81 bits per heavy atom. The van der Waals surface area contributed by atoms with E-state index in [1.807, 2.05) is 5.92 Å². The van der Waals surface area contributed by atoms with Crippen molar-refractivity contribution >= 4 is 5.91 Å². The Balaban J connectivity index is 2.44. The Morgan fingerprint density at radius 1 is 1.67 bits per heavy atom. The van der Waals surface area contributed by atoms with Crippen LogP contribution in [0.5, 0.6) is 0 Å². The Morgan fingerprint density at radius 2 is 2.33 bits per heavy atom. The van der Waals surface area contributed by atoms with Crippen molar-refractivity contribution < 1.29 is 29.2 Å². The molecule has 1 saturated heterocycles. The number of hydrogen-bond acceptors (Lipinski definition) is 6. The topological polar surface area (TPSA) is 102 Å². The molecule has 0 spiro atoms. The summed E-state index contributed by atoms with van der Waals surface area (Å²) in [7, 11) is 0. The summed E-state index contributed by atoms with van der Waals surface area (Å²) in [5.74, 6) is 1.55. The normalized spacial score (nSPS) is 39.3. The highest BCUT2D eigenvalue weighted by molar-refractivity contribution is 5.89. The Labute approximate surface area is 120 Å². The SMILES string of the molecule is C#C[C@@]1(O)[C@H](O)[C@](CO)(CF)O[C@H]1N1C=CC(=O)NC1=C. The van der Waals surface area contributed by atoms with Crippen LogP contribution >= 0.6 is 0 Å². The largest absolute Gasteiger partial charge is 0.393 e. The molecule has 0 aromatic heterocycles. The number of amides is 1. The standard InChI is InChI=1S/C13H15FN2O5/c1-3-13(20)10(19)12(6-14,7-17)21-11(13)16-5-4-9(18)15-8(16)2/h1,4-5,10-11,17,19-20H,2,6-7H2,(H,15,18)/t10-,11-,12-,13-/m1/s1. The molecule has 0 radical (unpaired) electrons. The fourth-order valence-electron chi connectivity index (χ4n) is 2.31. The van der Waals surface area contributed by atoms with E-state index >= 15 is 0 Å². The molecule has 2 rings (SSSR count). The molecular weight excluding hydrogens is 283 g/mol. The monoisotopic (exact) mass is 298 g/mol. The van der Waals surface area contributed by atoms with Crippen molar-refractivity contribution in [2.75, 3.05) is 13.3 Å². The van der Waals surface area contributed by atoms with Crippen LogP contribution in [0.25, 0.3) is 0 Å². The summed E-state index contributed by atoms with van der Waals surface area (Å²) in [5, 5.41) is 32.2.